The van der Waals surface area contributed by atoms with Crippen molar-refractivity contribution in [3.63, 3.8) is 0 Å². The van der Waals surface area contributed by atoms with Gasteiger partial charge in [0, 0.05) is 28.5 Å². The van der Waals surface area contributed by atoms with E-state index in [1.54, 1.807) is 0 Å². The SMILES string of the molecule is CC(C)CC(O)CC(O)[Si](C)(C)C.CC(C)CC(O)CC(O)[Si](C)(C)C.[Cu]. The van der Waals surface area contributed by atoms with Gasteiger partial charge in [0.2, 0.25) is 0 Å². The second kappa shape index (κ2) is 14.7. The van der Waals surface area contributed by atoms with Crippen LogP contribution in [0.25, 0.3) is 0 Å². The van der Waals surface area contributed by atoms with Crippen molar-refractivity contribution in [2.75, 3.05) is 0 Å². The van der Waals surface area contributed by atoms with E-state index in [9.17, 15) is 20.4 Å². The van der Waals surface area contributed by atoms with Crippen LogP contribution in [0.3, 0.4) is 0 Å². The zero-order valence-electron chi connectivity index (χ0n) is 19.4. The van der Waals surface area contributed by atoms with E-state index in [2.05, 4.69) is 67.0 Å². The van der Waals surface area contributed by atoms with Crippen molar-refractivity contribution in [3.05, 3.63) is 0 Å². The van der Waals surface area contributed by atoms with Crippen LogP contribution < -0.4 is 0 Å². The molecule has 0 aromatic carbocycles. The maximum atomic E-state index is 9.77. The predicted molar refractivity (Wildman–Crippen MR) is 119 cm³/mol. The Morgan fingerprint density at radius 3 is 0.889 bits per heavy atom. The van der Waals surface area contributed by atoms with Gasteiger partial charge in [-0.2, -0.15) is 0 Å². The summed E-state index contributed by atoms with van der Waals surface area (Å²) in [5.41, 5.74) is -0.553. The number of aliphatic hydroxyl groups excluding tert-OH is 4. The molecule has 4 unspecified atom stereocenters. The van der Waals surface area contributed by atoms with Gasteiger partial charge in [-0.1, -0.05) is 67.0 Å². The second-order valence-electron chi connectivity index (χ2n) is 10.8. The zero-order valence-corrected chi connectivity index (χ0v) is 22.3. The van der Waals surface area contributed by atoms with E-state index in [1.807, 2.05) is 0 Å². The van der Waals surface area contributed by atoms with Gasteiger partial charge in [-0.3, -0.25) is 0 Å². The van der Waals surface area contributed by atoms with Gasteiger partial charge in [0.25, 0.3) is 0 Å². The molecule has 0 bridgehead atoms. The van der Waals surface area contributed by atoms with E-state index in [0.29, 0.717) is 24.7 Å². The van der Waals surface area contributed by atoms with Gasteiger partial charge in [0.1, 0.15) is 0 Å². The minimum atomic E-state index is -1.48. The second-order valence-corrected chi connectivity index (χ2v) is 21.6. The molecule has 0 amide bonds. The molecule has 0 aromatic heterocycles. The predicted octanol–water partition coefficient (Wildman–Crippen LogP) is 4.04. The molecular formula is C20H48CuO4Si2. The summed E-state index contributed by atoms with van der Waals surface area (Å²) in [7, 11) is -2.96. The summed E-state index contributed by atoms with van der Waals surface area (Å²) >= 11 is 0. The standard InChI is InChI=1S/2C10H24O2Si.Cu/c2*1-8(2)6-9(11)7-10(12)13(3,4)5;/h2*8-12H,6-7H2,1-5H3;. The molecule has 0 rings (SSSR count). The minimum Gasteiger partial charge on any atom is -0.396 e. The number of aliphatic hydroxyl groups is 4. The van der Waals surface area contributed by atoms with Crippen molar-refractivity contribution in [2.45, 2.75) is 116 Å². The van der Waals surface area contributed by atoms with E-state index in [0.717, 1.165) is 12.8 Å². The largest absolute Gasteiger partial charge is 0.396 e. The molecule has 4 atom stereocenters. The molecule has 1 radical (unpaired) electrons. The van der Waals surface area contributed by atoms with E-state index >= 15 is 0 Å². The summed E-state index contributed by atoms with van der Waals surface area (Å²) in [6, 6.07) is 0. The van der Waals surface area contributed by atoms with Crippen LogP contribution in [0.1, 0.15) is 53.4 Å². The van der Waals surface area contributed by atoms with Gasteiger partial charge in [-0.15, -0.1) is 0 Å². The number of hydrogen-bond acceptors (Lipinski definition) is 4. The fourth-order valence-electron chi connectivity index (χ4n) is 2.50. The summed E-state index contributed by atoms with van der Waals surface area (Å²) in [6.07, 6.45) is 2.02. The van der Waals surface area contributed by atoms with Crippen LogP contribution in [-0.4, -0.2) is 60.2 Å². The Bertz CT molecular complexity index is 321. The Morgan fingerprint density at radius 2 is 0.741 bits per heavy atom. The van der Waals surface area contributed by atoms with Crippen LogP contribution in [-0.2, 0) is 17.1 Å². The van der Waals surface area contributed by atoms with Crippen LogP contribution in [0, 0.1) is 11.8 Å². The maximum Gasteiger partial charge on any atom is 0.0782 e. The summed E-state index contributed by atoms with van der Waals surface area (Å²) in [4.78, 5) is 0. The summed E-state index contributed by atoms with van der Waals surface area (Å²) < 4.78 is 0. The van der Waals surface area contributed by atoms with Crippen molar-refractivity contribution < 1.29 is 37.5 Å². The van der Waals surface area contributed by atoms with Crippen molar-refractivity contribution in [1.82, 2.24) is 0 Å². The van der Waals surface area contributed by atoms with Gasteiger partial charge in [-0.25, -0.2) is 0 Å². The normalized spacial score (nSPS) is 16.9. The van der Waals surface area contributed by atoms with Gasteiger partial charge < -0.3 is 20.4 Å². The van der Waals surface area contributed by atoms with Crippen molar-refractivity contribution in [2.24, 2.45) is 11.8 Å². The molecule has 0 saturated carbocycles. The first-order valence-electron chi connectivity index (χ1n) is 10.2. The van der Waals surface area contributed by atoms with E-state index in [1.165, 1.54) is 0 Å². The Morgan fingerprint density at radius 1 is 0.519 bits per heavy atom. The van der Waals surface area contributed by atoms with E-state index in [4.69, 9.17) is 0 Å². The zero-order chi connectivity index (χ0) is 21.3. The quantitative estimate of drug-likeness (QED) is 0.362. The van der Waals surface area contributed by atoms with Crippen molar-refractivity contribution in [1.29, 1.82) is 0 Å². The molecule has 0 aliphatic heterocycles. The first kappa shape index (κ1) is 32.5. The summed E-state index contributed by atoms with van der Waals surface area (Å²) in [5, 5.41) is 38.8. The van der Waals surface area contributed by atoms with Crippen LogP contribution in [0.5, 0.6) is 0 Å². The first-order chi connectivity index (χ1) is 11.5. The molecule has 4 N–H and O–H groups in total. The fourth-order valence-corrected chi connectivity index (χ4v) is 4.46. The van der Waals surface area contributed by atoms with E-state index < -0.39 is 16.1 Å². The molecule has 27 heavy (non-hydrogen) atoms. The Hall–Kier alpha value is 0.793. The Kier molecular flexibility index (Phi) is 17.7. The molecule has 7 heteroatoms. The van der Waals surface area contributed by atoms with Crippen molar-refractivity contribution >= 4 is 16.1 Å². The molecule has 0 aliphatic carbocycles. The molecule has 0 saturated heterocycles. The molecule has 0 spiro atoms. The third-order valence-electron chi connectivity index (χ3n) is 4.48. The Labute approximate surface area is 181 Å². The molecular weight excluding hydrogens is 424 g/mol. The average Bonchev–Trinajstić information content (AvgIpc) is 2.34. The first-order valence-corrected chi connectivity index (χ1v) is 17.3. The van der Waals surface area contributed by atoms with Gasteiger partial charge in [0.15, 0.2) is 0 Å². The van der Waals surface area contributed by atoms with Gasteiger partial charge in [0.05, 0.1) is 28.4 Å². The monoisotopic (exact) mass is 471 g/mol. The third kappa shape index (κ3) is 19.9. The van der Waals surface area contributed by atoms with E-state index in [-0.39, 0.29) is 40.7 Å². The molecule has 4 nitrogen and oxygen atoms in total. The fraction of sp³-hybridized carbons (Fsp3) is 1.00. The topological polar surface area (TPSA) is 80.9 Å². The average molecular weight is 472 g/mol. The van der Waals surface area contributed by atoms with Crippen LogP contribution in [0.15, 0.2) is 0 Å². The van der Waals surface area contributed by atoms with Gasteiger partial charge >= 0.3 is 0 Å². The summed E-state index contributed by atoms with van der Waals surface area (Å²) in [6.45, 7) is 21.1. The van der Waals surface area contributed by atoms with Crippen LogP contribution >= 0.6 is 0 Å². The molecule has 171 valence electrons. The number of rotatable bonds is 10. The van der Waals surface area contributed by atoms with Crippen LogP contribution in [0.2, 0.25) is 39.3 Å². The Balaban J connectivity index is -0.000000411. The molecule has 0 aliphatic rings. The smallest absolute Gasteiger partial charge is 0.0782 e. The number of hydrogen-bond donors (Lipinski definition) is 4. The summed E-state index contributed by atoms with van der Waals surface area (Å²) in [5.74, 6) is 1.01. The van der Waals surface area contributed by atoms with Crippen LogP contribution in [0.4, 0.5) is 0 Å². The van der Waals surface area contributed by atoms with Crippen molar-refractivity contribution in [3.8, 4) is 0 Å². The molecule has 0 aromatic rings. The van der Waals surface area contributed by atoms with Gasteiger partial charge in [-0.05, 0) is 37.5 Å². The molecule has 0 fully saturated rings. The maximum absolute atomic E-state index is 9.77. The molecule has 0 heterocycles. The minimum absolute atomic E-state index is 0. The third-order valence-corrected chi connectivity index (χ3v) is 8.95.